The molecule has 3 aromatic heterocycles. The molecule has 0 radical (unpaired) electrons. The number of fused-ring (bicyclic) bond motifs is 1. The molecule has 1 aliphatic heterocycles. The Morgan fingerprint density at radius 1 is 1.16 bits per heavy atom. The van der Waals surface area contributed by atoms with Crippen molar-refractivity contribution < 1.29 is 18.7 Å². The number of morpholine rings is 1. The largest absolute Gasteiger partial charge is 0.464 e. The van der Waals surface area contributed by atoms with Crippen LogP contribution in [0, 0.1) is 12.7 Å². The summed E-state index contributed by atoms with van der Waals surface area (Å²) >= 11 is 0. The summed E-state index contributed by atoms with van der Waals surface area (Å²) in [5.74, 6) is -0.753. The molecule has 5 rings (SSSR count). The monoisotopic (exact) mass is 506 g/mol. The van der Waals surface area contributed by atoms with Crippen molar-refractivity contribution in [1.29, 1.82) is 0 Å². The summed E-state index contributed by atoms with van der Waals surface area (Å²) in [5, 5.41) is 5.97. The van der Waals surface area contributed by atoms with E-state index in [0.717, 1.165) is 11.2 Å². The topological polar surface area (TPSA) is 119 Å². The molecule has 0 bridgehead atoms. The highest BCUT2D eigenvalue weighted by atomic mass is 19.1. The average Bonchev–Trinajstić information content (AvgIpc) is 3.32. The van der Waals surface area contributed by atoms with E-state index in [4.69, 9.17) is 9.47 Å². The second-order valence-corrected chi connectivity index (χ2v) is 8.57. The van der Waals surface area contributed by atoms with E-state index in [1.807, 2.05) is 17.7 Å². The second-order valence-electron chi connectivity index (χ2n) is 8.57. The number of aryl methyl sites for hydroxylation is 1. The Morgan fingerprint density at radius 2 is 1.95 bits per heavy atom. The zero-order valence-electron chi connectivity index (χ0n) is 21.0. The zero-order valence-corrected chi connectivity index (χ0v) is 21.0. The molecule has 0 unspecified atom stereocenters. The first-order valence-corrected chi connectivity index (χ1v) is 11.7. The zero-order chi connectivity index (χ0) is 26.1. The van der Waals surface area contributed by atoms with Gasteiger partial charge in [0, 0.05) is 44.6 Å². The maximum absolute atomic E-state index is 15.5. The molecule has 4 aromatic rings. The van der Waals surface area contributed by atoms with Gasteiger partial charge in [-0.05, 0) is 19.1 Å². The molecule has 4 heterocycles. The number of benzene rings is 1. The highest BCUT2D eigenvalue weighted by molar-refractivity contribution is 5.98. The highest BCUT2D eigenvalue weighted by Crippen LogP contribution is 2.34. The van der Waals surface area contributed by atoms with Crippen LogP contribution in [0.15, 0.2) is 30.9 Å². The van der Waals surface area contributed by atoms with Gasteiger partial charge < -0.3 is 29.6 Å². The van der Waals surface area contributed by atoms with Crippen molar-refractivity contribution in [3.63, 3.8) is 0 Å². The number of nitrogens with one attached hydrogen (secondary N) is 2. The molecule has 0 aliphatic carbocycles. The quantitative estimate of drug-likeness (QED) is 0.377. The van der Waals surface area contributed by atoms with Crippen LogP contribution >= 0.6 is 0 Å². The van der Waals surface area contributed by atoms with E-state index in [1.54, 1.807) is 38.8 Å². The van der Waals surface area contributed by atoms with E-state index in [9.17, 15) is 4.79 Å². The first-order chi connectivity index (χ1) is 17.9. The number of nitrogens with zero attached hydrogens (tertiary/aromatic N) is 6. The van der Waals surface area contributed by atoms with Crippen molar-refractivity contribution in [3.05, 3.63) is 47.9 Å². The van der Waals surface area contributed by atoms with Gasteiger partial charge in [-0.2, -0.15) is 0 Å². The summed E-state index contributed by atoms with van der Waals surface area (Å²) in [7, 11) is 4.80. The molecular weight excluding hydrogens is 479 g/mol. The lowest BCUT2D eigenvalue weighted by molar-refractivity contribution is 0.0595. The molecule has 1 fully saturated rings. The van der Waals surface area contributed by atoms with Crippen LogP contribution in [0.25, 0.3) is 22.3 Å². The third-order valence-electron chi connectivity index (χ3n) is 6.37. The number of imidazole rings is 1. The summed E-state index contributed by atoms with van der Waals surface area (Å²) in [6, 6.07) is 3.47. The number of anilines is 4. The Labute approximate surface area is 212 Å². The van der Waals surface area contributed by atoms with Gasteiger partial charge >= 0.3 is 5.97 Å². The number of rotatable bonds is 6. The molecule has 0 amide bonds. The Balaban J connectivity index is 1.59. The van der Waals surface area contributed by atoms with Gasteiger partial charge in [0.15, 0.2) is 23.1 Å². The number of hydrogen-bond acceptors (Lipinski definition) is 10. The van der Waals surface area contributed by atoms with Crippen molar-refractivity contribution in [1.82, 2.24) is 24.5 Å². The van der Waals surface area contributed by atoms with Gasteiger partial charge in [0.25, 0.3) is 0 Å². The number of esters is 1. The fourth-order valence-electron chi connectivity index (χ4n) is 4.39. The van der Waals surface area contributed by atoms with Gasteiger partial charge in [-0.25, -0.2) is 24.1 Å². The van der Waals surface area contributed by atoms with Gasteiger partial charge in [-0.1, -0.05) is 0 Å². The van der Waals surface area contributed by atoms with Crippen LogP contribution in [0.3, 0.4) is 0 Å². The summed E-state index contributed by atoms with van der Waals surface area (Å²) < 4.78 is 27.7. The lowest BCUT2D eigenvalue weighted by Crippen LogP contribution is -2.36. The maximum atomic E-state index is 15.5. The van der Waals surface area contributed by atoms with Crippen molar-refractivity contribution in [2.75, 3.05) is 56.0 Å². The van der Waals surface area contributed by atoms with E-state index in [1.165, 1.54) is 7.11 Å². The van der Waals surface area contributed by atoms with Crippen LogP contribution in [0.4, 0.5) is 27.4 Å². The molecule has 0 saturated carbocycles. The Hall–Kier alpha value is -4.32. The lowest BCUT2D eigenvalue weighted by Gasteiger charge is -2.30. The van der Waals surface area contributed by atoms with Crippen LogP contribution in [-0.2, 0) is 16.5 Å². The lowest BCUT2D eigenvalue weighted by atomic mass is 10.1. The molecule has 37 heavy (non-hydrogen) atoms. The van der Waals surface area contributed by atoms with Crippen LogP contribution in [-0.4, -0.2) is 70.9 Å². The predicted molar refractivity (Wildman–Crippen MR) is 138 cm³/mol. The van der Waals surface area contributed by atoms with Crippen molar-refractivity contribution in [2.24, 2.45) is 7.05 Å². The molecule has 192 valence electrons. The average molecular weight is 507 g/mol. The van der Waals surface area contributed by atoms with Crippen LogP contribution < -0.4 is 15.5 Å². The Bertz CT molecular complexity index is 1480. The van der Waals surface area contributed by atoms with Crippen molar-refractivity contribution >= 4 is 40.0 Å². The highest BCUT2D eigenvalue weighted by Gasteiger charge is 2.24. The van der Waals surface area contributed by atoms with Crippen molar-refractivity contribution in [3.8, 4) is 11.3 Å². The van der Waals surface area contributed by atoms with Gasteiger partial charge in [0.2, 0.25) is 0 Å². The molecule has 0 spiro atoms. The molecule has 2 N–H and O–H groups in total. The minimum atomic E-state index is -0.720. The van der Waals surface area contributed by atoms with E-state index >= 15 is 4.39 Å². The Kier molecular flexibility index (Phi) is 6.57. The van der Waals surface area contributed by atoms with Gasteiger partial charge in [0.05, 0.1) is 49.6 Å². The van der Waals surface area contributed by atoms with E-state index in [0.29, 0.717) is 54.5 Å². The fourth-order valence-corrected chi connectivity index (χ4v) is 4.39. The number of carbonyl (C=O) groups excluding carboxylic acids is 1. The second kappa shape index (κ2) is 9.97. The van der Waals surface area contributed by atoms with Gasteiger partial charge in [-0.15, -0.1) is 0 Å². The molecular formula is C25H27FN8O3. The molecule has 0 atom stereocenters. The number of methoxy groups -OCH3 is 1. The van der Waals surface area contributed by atoms with Crippen molar-refractivity contribution in [2.45, 2.75) is 6.92 Å². The molecule has 1 aliphatic rings. The number of pyridine rings is 1. The van der Waals surface area contributed by atoms with Crippen LogP contribution in [0.2, 0.25) is 0 Å². The van der Waals surface area contributed by atoms with Gasteiger partial charge in [0.1, 0.15) is 11.2 Å². The first-order valence-electron chi connectivity index (χ1n) is 11.7. The normalized spacial score (nSPS) is 13.6. The minimum Gasteiger partial charge on any atom is -0.464 e. The van der Waals surface area contributed by atoms with Gasteiger partial charge in [-0.3, -0.25) is 4.98 Å². The number of ether oxygens (including phenoxy) is 2. The Morgan fingerprint density at radius 3 is 2.68 bits per heavy atom. The van der Waals surface area contributed by atoms with E-state index in [-0.39, 0.29) is 17.2 Å². The first kappa shape index (κ1) is 24.4. The predicted octanol–water partition coefficient (Wildman–Crippen LogP) is 3.28. The van der Waals surface area contributed by atoms with Crippen LogP contribution in [0.1, 0.15) is 16.1 Å². The fraction of sp³-hybridized carbons (Fsp3) is 0.320. The summed E-state index contributed by atoms with van der Waals surface area (Å²) in [6.45, 7) is 4.30. The SMILES string of the molecule is CNc1nc(Nc2ccc(N3CCOCC3)c(C)c2F)c(C(=O)OC)nc1-c1cncc2c1ncn2C. The maximum Gasteiger partial charge on any atom is 0.360 e. The van der Waals surface area contributed by atoms with E-state index < -0.39 is 11.8 Å². The smallest absolute Gasteiger partial charge is 0.360 e. The summed E-state index contributed by atoms with van der Waals surface area (Å²) in [4.78, 5) is 32.8. The summed E-state index contributed by atoms with van der Waals surface area (Å²) in [6.07, 6.45) is 4.98. The minimum absolute atomic E-state index is 0.0542. The number of hydrogen-bond donors (Lipinski definition) is 2. The molecule has 1 aromatic carbocycles. The van der Waals surface area contributed by atoms with Crippen LogP contribution in [0.5, 0.6) is 0 Å². The third-order valence-corrected chi connectivity index (χ3v) is 6.37. The molecule has 11 nitrogen and oxygen atoms in total. The summed E-state index contributed by atoms with van der Waals surface area (Å²) in [5.41, 5.74) is 3.75. The molecule has 12 heteroatoms. The van der Waals surface area contributed by atoms with E-state index in [2.05, 4.69) is 35.5 Å². The number of halogens is 1. The third kappa shape index (κ3) is 4.40. The number of carbonyl (C=O) groups is 1. The standard InChI is InChI=1S/C25H27FN8O3/c1-14-17(34-7-9-37-10-8-34)6-5-16(19(14)26)30-24-22(25(35)36-4)31-21(23(27-2)32-24)15-11-28-12-18-20(15)29-13-33(18)3/h5-6,11-13H,7-10H2,1-4H3,(H2,27,30,32). The number of aromatic nitrogens is 5. The molecule has 1 saturated heterocycles.